The van der Waals surface area contributed by atoms with E-state index < -0.39 is 5.82 Å². The Morgan fingerprint density at radius 1 is 1.56 bits per heavy atom. The lowest BCUT2D eigenvalue weighted by Gasteiger charge is -2.09. The fraction of sp³-hybridized carbons (Fsp3) is 0.462. The van der Waals surface area contributed by atoms with Gasteiger partial charge in [0.2, 0.25) is 0 Å². The van der Waals surface area contributed by atoms with Crippen molar-refractivity contribution in [3.05, 3.63) is 34.1 Å². The van der Waals surface area contributed by atoms with Crippen LogP contribution in [-0.2, 0) is 0 Å². The van der Waals surface area contributed by atoms with E-state index in [4.69, 9.17) is 0 Å². The van der Waals surface area contributed by atoms with Crippen LogP contribution in [0.2, 0.25) is 0 Å². The van der Waals surface area contributed by atoms with Crippen LogP contribution >= 0.6 is 15.9 Å². The van der Waals surface area contributed by atoms with Crippen molar-refractivity contribution in [2.45, 2.75) is 12.8 Å². The molecular weight excluding hydrogens is 299 g/mol. The lowest BCUT2D eigenvalue weighted by atomic mass is 10.1. The molecule has 2 rings (SSSR count). The van der Waals surface area contributed by atoms with E-state index >= 15 is 0 Å². The molecule has 1 fully saturated rings. The zero-order valence-corrected chi connectivity index (χ0v) is 11.6. The minimum absolute atomic E-state index is 0.215. The molecule has 2 N–H and O–H groups in total. The standard InChI is InChI=1S/C13H16BrFN2O/c14-11-2-1-10(7-12(11)15)13(18)17-6-4-9-3-5-16-8-9/h1-2,7,9,16H,3-6,8H2,(H,17,18). The van der Waals surface area contributed by atoms with Crippen molar-refractivity contribution < 1.29 is 9.18 Å². The molecule has 1 heterocycles. The van der Waals surface area contributed by atoms with Crippen molar-refractivity contribution >= 4 is 21.8 Å². The Labute approximate surface area is 114 Å². The summed E-state index contributed by atoms with van der Waals surface area (Å²) in [5.74, 6) is 0.0157. The van der Waals surface area contributed by atoms with E-state index in [9.17, 15) is 9.18 Å². The molecule has 1 aliphatic rings. The quantitative estimate of drug-likeness (QED) is 0.895. The zero-order chi connectivity index (χ0) is 13.0. The zero-order valence-electron chi connectivity index (χ0n) is 10.0. The van der Waals surface area contributed by atoms with Crippen LogP contribution in [0.3, 0.4) is 0 Å². The smallest absolute Gasteiger partial charge is 0.251 e. The van der Waals surface area contributed by atoms with Crippen LogP contribution in [0.15, 0.2) is 22.7 Å². The Kier molecular flexibility index (Phi) is 4.72. The number of carbonyl (C=O) groups is 1. The highest BCUT2D eigenvalue weighted by atomic mass is 79.9. The number of nitrogens with one attached hydrogen (secondary N) is 2. The summed E-state index contributed by atoms with van der Waals surface area (Å²) < 4.78 is 13.6. The van der Waals surface area contributed by atoms with Crippen LogP contribution in [0.4, 0.5) is 4.39 Å². The minimum Gasteiger partial charge on any atom is -0.352 e. The molecule has 0 aliphatic carbocycles. The highest BCUT2D eigenvalue weighted by molar-refractivity contribution is 9.10. The molecule has 5 heteroatoms. The summed E-state index contributed by atoms with van der Waals surface area (Å²) in [6.07, 6.45) is 2.14. The number of benzene rings is 1. The van der Waals surface area contributed by atoms with E-state index in [2.05, 4.69) is 26.6 Å². The molecule has 1 amide bonds. The van der Waals surface area contributed by atoms with Gasteiger partial charge >= 0.3 is 0 Å². The number of hydrogen-bond donors (Lipinski definition) is 2. The van der Waals surface area contributed by atoms with Gasteiger partial charge in [-0.3, -0.25) is 4.79 Å². The number of halogens is 2. The molecule has 0 saturated carbocycles. The first-order valence-electron chi connectivity index (χ1n) is 6.11. The number of hydrogen-bond acceptors (Lipinski definition) is 2. The van der Waals surface area contributed by atoms with Gasteiger partial charge in [-0.25, -0.2) is 4.39 Å². The molecule has 1 aromatic carbocycles. The molecule has 0 bridgehead atoms. The molecule has 98 valence electrons. The minimum atomic E-state index is -0.414. The molecular formula is C13H16BrFN2O. The first-order chi connectivity index (χ1) is 8.66. The van der Waals surface area contributed by atoms with Gasteiger partial charge in [-0.1, -0.05) is 0 Å². The van der Waals surface area contributed by atoms with Crippen LogP contribution in [0.25, 0.3) is 0 Å². The summed E-state index contributed by atoms with van der Waals surface area (Å²) in [5, 5.41) is 6.11. The molecule has 0 radical (unpaired) electrons. The summed E-state index contributed by atoms with van der Waals surface area (Å²) in [7, 11) is 0. The third-order valence-electron chi connectivity index (χ3n) is 3.18. The lowest BCUT2D eigenvalue weighted by molar-refractivity contribution is 0.0951. The van der Waals surface area contributed by atoms with Gasteiger partial charge in [0.05, 0.1) is 4.47 Å². The van der Waals surface area contributed by atoms with E-state index in [-0.39, 0.29) is 5.91 Å². The van der Waals surface area contributed by atoms with Gasteiger partial charge in [0, 0.05) is 12.1 Å². The van der Waals surface area contributed by atoms with Crippen LogP contribution in [-0.4, -0.2) is 25.5 Å². The van der Waals surface area contributed by atoms with Crippen LogP contribution in [0.5, 0.6) is 0 Å². The molecule has 18 heavy (non-hydrogen) atoms. The molecule has 1 saturated heterocycles. The van der Waals surface area contributed by atoms with Gasteiger partial charge in [0.25, 0.3) is 5.91 Å². The van der Waals surface area contributed by atoms with Crippen molar-refractivity contribution in [1.29, 1.82) is 0 Å². The molecule has 3 nitrogen and oxygen atoms in total. The predicted molar refractivity (Wildman–Crippen MR) is 72.0 cm³/mol. The molecule has 1 unspecified atom stereocenters. The average molecular weight is 315 g/mol. The van der Waals surface area contributed by atoms with Crippen LogP contribution < -0.4 is 10.6 Å². The fourth-order valence-corrected chi connectivity index (χ4v) is 2.34. The van der Waals surface area contributed by atoms with E-state index in [1.54, 1.807) is 12.1 Å². The lowest BCUT2D eigenvalue weighted by Crippen LogP contribution is -2.26. The Bertz CT molecular complexity index is 433. The monoisotopic (exact) mass is 314 g/mol. The van der Waals surface area contributed by atoms with Crippen molar-refractivity contribution in [2.24, 2.45) is 5.92 Å². The first-order valence-corrected chi connectivity index (χ1v) is 6.90. The Morgan fingerprint density at radius 3 is 3.06 bits per heavy atom. The molecule has 0 aromatic heterocycles. The first kappa shape index (κ1) is 13.5. The number of amides is 1. The van der Waals surface area contributed by atoms with Gasteiger partial charge in [-0.05, 0) is 66.0 Å². The highest BCUT2D eigenvalue weighted by Gasteiger charge is 2.14. The maximum Gasteiger partial charge on any atom is 0.251 e. The van der Waals surface area contributed by atoms with Gasteiger partial charge < -0.3 is 10.6 Å². The summed E-state index contributed by atoms with van der Waals surface area (Å²) >= 11 is 3.06. The molecule has 1 atom stereocenters. The summed E-state index contributed by atoms with van der Waals surface area (Å²) in [5.41, 5.74) is 0.361. The highest BCUT2D eigenvalue weighted by Crippen LogP contribution is 2.16. The second-order valence-corrected chi connectivity index (χ2v) is 5.39. The third-order valence-corrected chi connectivity index (χ3v) is 3.83. The van der Waals surface area contributed by atoms with Gasteiger partial charge in [0.1, 0.15) is 5.82 Å². The fourth-order valence-electron chi connectivity index (χ4n) is 2.09. The van der Waals surface area contributed by atoms with Gasteiger partial charge in [0.15, 0.2) is 0 Å². The molecule has 1 aromatic rings. The Balaban J connectivity index is 1.81. The molecule has 0 spiro atoms. The van der Waals surface area contributed by atoms with Crippen molar-refractivity contribution in [3.8, 4) is 0 Å². The Hall–Kier alpha value is -0.940. The van der Waals surface area contributed by atoms with Crippen molar-refractivity contribution in [3.63, 3.8) is 0 Å². The second kappa shape index (κ2) is 6.29. The van der Waals surface area contributed by atoms with E-state index in [0.717, 1.165) is 19.5 Å². The number of rotatable bonds is 4. The molecule has 1 aliphatic heterocycles. The summed E-state index contributed by atoms with van der Waals surface area (Å²) in [6.45, 7) is 2.74. The number of carbonyl (C=O) groups excluding carboxylic acids is 1. The van der Waals surface area contributed by atoms with Gasteiger partial charge in [-0.15, -0.1) is 0 Å². The van der Waals surface area contributed by atoms with Gasteiger partial charge in [-0.2, -0.15) is 0 Å². The van der Waals surface area contributed by atoms with E-state index in [1.165, 1.54) is 12.5 Å². The predicted octanol–water partition coefficient (Wildman–Crippen LogP) is 2.32. The Morgan fingerprint density at radius 2 is 2.39 bits per heavy atom. The normalized spacial score (nSPS) is 18.9. The summed E-state index contributed by atoms with van der Waals surface area (Å²) in [4.78, 5) is 11.8. The van der Waals surface area contributed by atoms with Crippen molar-refractivity contribution in [2.75, 3.05) is 19.6 Å². The van der Waals surface area contributed by atoms with E-state index in [0.29, 0.717) is 22.5 Å². The maximum atomic E-state index is 13.3. The second-order valence-electron chi connectivity index (χ2n) is 4.53. The maximum absolute atomic E-state index is 13.3. The summed E-state index contributed by atoms with van der Waals surface area (Å²) in [6, 6.07) is 4.40. The van der Waals surface area contributed by atoms with Crippen molar-refractivity contribution in [1.82, 2.24) is 10.6 Å². The largest absolute Gasteiger partial charge is 0.352 e. The average Bonchev–Trinajstić information content (AvgIpc) is 2.85. The van der Waals surface area contributed by atoms with E-state index in [1.807, 2.05) is 0 Å². The van der Waals surface area contributed by atoms with Crippen LogP contribution in [0.1, 0.15) is 23.2 Å². The third kappa shape index (κ3) is 3.53. The SMILES string of the molecule is O=C(NCCC1CCNC1)c1ccc(Br)c(F)c1. The topological polar surface area (TPSA) is 41.1 Å². The van der Waals surface area contributed by atoms with Crippen LogP contribution in [0, 0.1) is 11.7 Å².